The molecule has 0 fully saturated rings. The van der Waals surface area contributed by atoms with Crippen LogP contribution in [0.5, 0.6) is 0 Å². The van der Waals surface area contributed by atoms with Crippen molar-refractivity contribution in [2.75, 3.05) is 20.1 Å². The van der Waals surface area contributed by atoms with Crippen LogP contribution in [0.1, 0.15) is 10.4 Å². The first kappa shape index (κ1) is 14.7. The fraction of sp³-hybridized carbons (Fsp3) is 0.462. The van der Waals surface area contributed by atoms with Crippen molar-refractivity contribution >= 4 is 21.4 Å². The molecule has 2 aromatic rings. The highest BCUT2D eigenvalue weighted by molar-refractivity contribution is 7.89. The van der Waals surface area contributed by atoms with Crippen molar-refractivity contribution in [2.45, 2.75) is 24.4 Å². The van der Waals surface area contributed by atoms with Gasteiger partial charge in [0.25, 0.3) is 0 Å². The molecule has 0 saturated heterocycles. The third kappa shape index (κ3) is 2.89. The first-order chi connectivity index (χ1) is 10.1. The molecule has 0 saturated carbocycles. The zero-order chi connectivity index (χ0) is 14.9. The van der Waals surface area contributed by atoms with Gasteiger partial charge < -0.3 is 5.32 Å². The van der Waals surface area contributed by atoms with Crippen molar-refractivity contribution < 1.29 is 8.42 Å². The van der Waals surface area contributed by atoms with Crippen LogP contribution in [0.2, 0.25) is 0 Å². The number of fused-ring (bicyclic) bond motifs is 1. The molecule has 8 heteroatoms. The van der Waals surface area contributed by atoms with Gasteiger partial charge in [-0.15, -0.1) is 11.3 Å². The first-order valence-electron chi connectivity index (χ1n) is 6.83. The van der Waals surface area contributed by atoms with E-state index in [9.17, 15) is 8.42 Å². The summed E-state index contributed by atoms with van der Waals surface area (Å²) in [6, 6.07) is 2.01. The van der Waals surface area contributed by atoms with Crippen LogP contribution in [-0.4, -0.2) is 42.6 Å². The summed E-state index contributed by atoms with van der Waals surface area (Å²) in [5.41, 5.74) is 1.12. The van der Waals surface area contributed by atoms with E-state index >= 15 is 0 Å². The van der Waals surface area contributed by atoms with Crippen molar-refractivity contribution in [3.05, 3.63) is 34.3 Å². The maximum Gasteiger partial charge on any atom is 0.246 e. The largest absolute Gasteiger partial charge is 0.318 e. The summed E-state index contributed by atoms with van der Waals surface area (Å²) < 4.78 is 28.5. The molecule has 1 aliphatic heterocycles. The molecule has 0 radical (unpaired) electrons. The van der Waals surface area contributed by atoms with E-state index in [4.69, 9.17) is 0 Å². The molecule has 0 aliphatic carbocycles. The highest BCUT2D eigenvalue weighted by Crippen LogP contribution is 2.27. The monoisotopic (exact) mass is 326 g/mol. The fourth-order valence-corrected chi connectivity index (χ4v) is 4.67. The summed E-state index contributed by atoms with van der Waals surface area (Å²) >= 11 is 1.70. The molecule has 114 valence electrons. The number of aromatic nitrogens is 2. The van der Waals surface area contributed by atoms with E-state index in [0.717, 1.165) is 18.5 Å². The van der Waals surface area contributed by atoms with Gasteiger partial charge in [-0.2, -0.15) is 9.40 Å². The Balaban J connectivity index is 1.79. The molecule has 1 aliphatic rings. The number of hydrogen-bond acceptors (Lipinski definition) is 5. The number of sulfonamides is 1. The Morgan fingerprint density at radius 1 is 1.48 bits per heavy atom. The second kappa shape index (κ2) is 5.88. The Morgan fingerprint density at radius 3 is 3.14 bits per heavy atom. The van der Waals surface area contributed by atoms with Crippen LogP contribution in [0.25, 0.3) is 0 Å². The lowest BCUT2D eigenvalue weighted by molar-refractivity contribution is 0.394. The standard InChI is InChI=1S/C13H18N4O2S2/c1-14-4-6-16-10-12(8-15-16)21(18,19)17-5-2-13-11(9-17)3-7-20-13/h3,7-8,10,14H,2,4-6,9H2,1H3. The van der Waals surface area contributed by atoms with Gasteiger partial charge in [-0.05, 0) is 30.5 Å². The van der Waals surface area contributed by atoms with E-state index in [0.29, 0.717) is 19.6 Å². The van der Waals surface area contributed by atoms with Crippen molar-refractivity contribution in [3.8, 4) is 0 Å². The Kier molecular flexibility index (Phi) is 4.12. The molecule has 6 nitrogen and oxygen atoms in total. The number of rotatable bonds is 5. The SMILES string of the molecule is CNCCn1cc(S(=O)(=O)N2CCc3sccc3C2)cn1. The lowest BCUT2D eigenvalue weighted by Crippen LogP contribution is -2.35. The maximum atomic E-state index is 12.7. The van der Waals surface area contributed by atoms with E-state index in [1.54, 1.807) is 26.5 Å². The molecule has 1 N–H and O–H groups in total. The number of nitrogens with one attached hydrogen (secondary N) is 1. The highest BCUT2D eigenvalue weighted by atomic mass is 32.2. The van der Waals surface area contributed by atoms with Crippen LogP contribution in [0.3, 0.4) is 0 Å². The normalized spacial score (nSPS) is 16.0. The van der Waals surface area contributed by atoms with Crippen LogP contribution in [0, 0.1) is 0 Å². The topological polar surface area (TPSA) is 67.2 Å². The molecule has 0 spiro atoms. The average Bonchev–Trinajstić information content (AvgIpc) is 3.13. The zero-order valence-corrected chi connectivity index (χ0v) is 13.5. The van der Waals surface area contributed by atoms with Crippen molar-refractivity contribution in [3.63, 3.8) is 0 Å². The third-order valence-corrected chi connectivity index (χ3v) is 6.43. The molecular formula is C13H18N4O2S2. The molecule has 3 rings (SSSR count). The van der Waals surface area contributed by atoms with Crippen molar-refractivity contribution in [1.82, 2.24) is 19.4 Å². The minimum Gasteiger partial charge on any atom is -0.318 e. The quantitative estimate of drug-likeness (QED) is 0.887. The van der Waals surface area contributed by atoms with Crippen LogP contribution >= 0.6 is 11.3 Å². The van der Waals surface area contributed by atoms with E-state index in [2.05, 4.69) is 10.4 Å². The molecule has 0 unspecified atom stereocenters. The van der Waals surface area contributed by atoms with Crippen LogP contribution in [-0.2, 0) is 29.5 Å². The summed E-state index contributed by atoms with van der Waals surface area (Å²) in [5, 5.41) is 9.16. The summed E-state index contributed by atoms with van der Waals surface area (Å²) in [7, 11) is -1.60. The van der Waals surface area contributed by atoms with Gasteiger partial charge in [0.1, 0.15) is 4.90 Å². The van der Waals surface area contributed by atoms with Crippen molar-refractivity contribution in [2.24, 2.45) is 0 Å². The van der Waals surface area contributed by atoms with Crippen molar-refractivity contribution in [1.29, 1.82) is 0 Å². The van der Waals surface area contributed by atoms with Gasteiger partial charge >= 0.3 is 0 Å². The van der Waals surface area contributed by atoms with Gasteiger partial charge in [0.15, 0.2) is 0 Å². The molecule has 0 bridgehead atoms. The second-order valence-electron chi connectivity index (χ2n) is 5.00. The summed E-state index contributed by atoms with van der Waals surface area (Å²) in [6.07, 6.45) is 3.84. The zero-order valence-electron chi connectivity index (χ0n) is 11.8. The van der Waals surface area contributed by atoms with Gasteiger partial charge in [0, 0.05) is 30.7 Å². The molecular weight excluding hydrogens is 308 g/mol. The maximum absolute atomic E-state index is 12.7. The average molecular weight is 326 g/mol. The molecule has 2 aromatic heterocycles. The molecule has 3 heterocycles. The predicted octanol–water partition coefficient (Wildman–Crippen LogP) is 0.911. The smallest absolute Gasteiger partial charge is 0.246 e. The van der Waals surface area contributed by atoms with Crippen LogP contribution < -0.4 is 5.32 Å². The summed E-state index contributed by atoms with van der Waals surface area (Å²) in [6.45, 7) is 2.41. The van der Waals surface area contributed by atoms with Crippen LogP contribution in [0.15, 0.2) is 28.7 Å². The Bertz CT molecular complexity index is 720. The summed E-state index contributed by atoms with van der Waals surface area (Å²) in [5.74, 6) is 0. The lowest BCUT2D eigenvalue weighted by Gasteiger charge is -2.25. The number of hydrogen-bond donors (Lipinski definition) is 1. The molecule has 21 heavy (non-hydrogen) atoms. The van der Waals surface area contributed by atoms with Gasteiger partial charge in [-0.1, -0.05) is 0 Å². The van der Waals surface area contributed by atoms with Crippen LogP contribution in [0.4, 0.5) is 0 Å². The van der Waals surface area contributed by atoms with E-state index in [-0.39, 0.29) is 4.90 Å². The Hall–Kier alpha value is -1.22. The number of nitrogens with zero attached hydrogens (tertiary/aromatic N) is 3. The number of likely N-dealkylation sites (N-methyl/N-ethyl adjacent to an activating group) is 1. The highest BCUT2D eigenvalue weighted by Gasteiger charge is 2.29. The second-order valence-corrected chi connectivity index (χ2v) is 7.94. The van der Waals surface area contributed by atoms with Gasteiger partial charge in [-0.3, -0.25) is 4.68 Å². The molecule has 0 amide bonds. The van der Waals surface area contributed by atoms with Gasteiger partial charge in [0.2, 0.25) is 10.0 Å². The van der Waals surface area contributed by atoms with E-state index < -0.39 is 10.0 Å². The van der Waals surface area contributed by atoms with E-state index in [1.165, 1.54) is 11.1 Å². The van der Waals surface area contributed by atoms with Gasteiger partial charge in [0.05, 0.1) is 12.7 Å². The molecule has 0 aromatic carbocycles. The predicted molar refractivity (Wildman–Crippen MR) is 81.8 cm³/mol. The Labute approximate surface area is 128 Å². The minimum absolute atomic E-state index is 0.275. The lowest BCUT2D eigenvalue weighted by atomic mass is 10.1. The first-order valence-corrected chi connectivity index (χ1v) is 9.15. The summed E-state index contributed by atoms with van der Waals surface area (Å²) in [4.78, 5) is 1.57. The fourth-order valence-electron chi connectivity index (χ4n) is 2.40. The number of thiophene rings is 1. The van der Waals surface area contributed by atoms with E-state index in [1.807, 2.05) is 18.5 Å². The minimum atomic E-state index is -3.45. The van der Waals surface area contributed by atoms with Gasteiger partial charge in [-0.25, -0.2) is 8.42 Å². The molecule has 0 atom stereocenters. The third-order valence-electron chi connectivity index (χ3n) is 3.61. The Morgan fingerprint density at radius 2 is 2.33 bits per heavy atom.